The lowest BCUT2D eigenvalue weighted by atomic mass is 9.87. The number of benzene rings is 1. The van der Waals surface area contributed by atoms with E-state index in [-0.39, 0.29) is 23.9 Å². The topological polar surface area (TPSA) is 90.4 Å². The van der Waals surface area contributed by atoms with Crippen LogP contribution in [0.1, 0.15) is 37.7 Å². The molecule has 0 aliphatic heterocycles. The van der Waals surface area contributed by atoms with Crippen molar-refractivity contribution in [2.75, 3.05) is 0 Å². The number of ether oxygens (including phenoxy) is 1. The van der Waals surface area contributed by atoms with E-state index in [1.165, 1.54) is 31.4 Å². The predicted octanol–water partition coefficient (Wildman–Crippen LogP) is 3.47. The zero-order chi connectivity index (χ0) is 19.9. The maximum absolute atomic E-state index is 12.1. The van der Waals surface area contributed by atoms with Crippen molar-refractivity contribution in [1.82, 2.24) is 5.32 Å². The summed E-state index contributed by atoms with van der Waals surface area (Å²) < 4.78 is 40.2. The quantitative estimate of drug-likeness (QED) is 0.656. The van der Waals surface area contributed by atoms with Gasteiger partial charge in [0, 0.05) is 5.70 Å². The average Bonchev–Trinajstić information content (AvgIpc) is 2.61. The molecule has 5 N–H and O–H groups in total. The van der Waals surface area contributed by atoms with Gasteiger partial charge in [0.2, 0.25) is 5.91 Å². The van der Waals surface area contributed by atoms with Gasteiger partial charge in [-0.1, -0.05) is 31.4 Å². The highest BCUT2D eigenvalue weighted by Gasteiger charge is 2.30. The molecule has 0 saturated heterocycles. The molecule has 148 valence electrons. The van der Waals surface area contributed by atoms with Crippen LogP contribution in [0.25, 0.3) is 0 Å². The molecule has 0 unspecified atom stereocenters. The summed E-state index contributed by atoms with van der Waals surface area (Å²) in [6.45, 7) is 0. The molecule has 1 amide bonds. The number of carbonyl (C=O) groups excluding carboxylic acids is 1. The average molecular weight is 383 g/mol. The minimum absolute atomic E-state index is 0.0251. The summed E-state index contributed by atoms with van der Waals surface area (Å²) in [4.78, 5) is 12.0. The standard InChI is InChI=1S/C19H24F3N3O2/c20-19(21,22)27-15-8-6-13(7-9-15)12-18(26)25-17(24)11-10-16(23)14-4-2-1-3-5-14/h6-11,14H,1-5,12,23-24H2,(H,25,26)/b16-10-,17-11+. The number of halogens is 3. The summed E-state index contributed by atoms with van der Waals surface area (Å²) in [7, 11) is 0. The Morgan fingerprint density at radius 1 is 1.11 bits per heavy atom. The number of hydrogen-bond donors (Lipinski definition) is 3. The lowest BCUT2D eigenvalue weighted by Gasteiger charge is -2.21. The summed E-state index contributed by atoms with van der Waals surface area (Å²) >= 11 is 0. The fourth-order valence-corrected chi connectivity index (χ4v) is 3.00. The van der Waals surface area contributed by atoms with E-state index >= 15 is 0 Å². The van der Waals surface area contributed by atoms with Crippen LogP contribution in [0.3, 0.4) is 0 Å². The zero-order valence-corrected chi connectivity index (χ0v) is 14.9. The Bertz CT molecular complexity index is 691. The lowest BCUT2D eigenvalue weighted by Crippen LogP contribution is -2.28. The first-order valence-corrected chi connectivity index (χ1v) is 8.80. The number of nitrogens with one attached hydrogen (secondary N) is 1. The van der Waals surface area contributed by atoms with Crippen molar-refractivity contribution in [1.29, 1.82) is 0 Å². The second kappa shape index (κ2) is 9.34. The minimum atomic E-state index is -4.74. The minimum Gasteiger partial charge on any atom is -0.406 e. The number of hydrogen-bond acceptors (Lipinski definition) is 4. The van der Waals surface area contributed by atoms with Crippen LogP contribution in [-0.4, -0.2) is 12.3 Å². The molecule has 0 bridgehead atoms. The van der Waals surface area contributed by atoms with Gasteiger partial charge in [-0.2, -0.15) is 0 Å². The largest absolute Gasteiger partial charge is 0.573 e. The third-order valence-electron chi connectivity index (χ3n) is 4.34. The monoisotopic (exact) mass is 383 g/mol. The number of allylic oxidation sites excluding steroid dienone is 3. The van der Waals surface area contributed by atoms with Gasteiger partial charge in [-0.15, -0.1) is 13.2 Å². The van der Waals surface area contributed by atoms with Crippen LogP contribution in [-0.2, 0) is 11.2 Å². The number of nitrogens with two attached hydrogens (primary N) is 2. The highest BCUT2D eigenvalue weighted by molar-refractivity contribution is 5.80. The Hall–Kier alpha value is -2.64. The molecule has 1 saturated carbocycles. The van der Waals surface area contributed by atoms with Gasteiger partial charge < -0.3 is 21.5 Å². The smallest absolute Gasteiger partial charge is 0.406 e. The number of carbonyl (C=O) groups is 1. The van der Waals surface area contributed by atoms with Gasteiger partial charge in [0.05, 0.1) is 6.42 Å². The first kappa shape index (κ1) is 20.7. The molecule has 2 rings (SSSR count). The zero-order valence-electron chi connectivity index (χ0n) is 14.9. The molecule has 0 radical (unpaired) electrons. The summed E-state index contributed by atoms with van der Waals surface area (Å²) in [5.74, 6) is -0.195. The van der Waals surface area contributed by atoms with Crippen LogP contribution in [0.15, 0.2) is 47.9 Å². The van der Waals surface area contributed by atoms with E-state index in [2.05, 4.69) is 10.1 Å². The second-order valence-corrected chi connectivity index (χ2v) is 6.54. The number of rotatable bonds is 6. The van der Waals surface area contributed by atoms with Crippen LogP contribution in [0.2, 0.25) is 0 Å². The van der Waals surface area contributed by atoms with Crippen molar-refractivity contribution >= 4 is 5.91 Å². The highest BCUT2D eigenvalue weighted by Crippen LogP contribution is 2.27. The molecule has 1 aliphatic rings. The molecule has 0 heterocycles. The van der Waals surface area contributed by atoms with Gasteiger partial charge in [-0.05, 0) is 48.6 Å². The third kappa shape index (κ3) is 7.64. The van der Waals surface area contributed by atoms with Crippen LogP contribution in [0, 0.1) is 5.92 Å². The maximum Gasteiger partial charge on any atom is 0.573 e. The fourth-order valence-electron chi connectivity index (χ4n) is 3.00. The SMILES string of the molecule is N/C(=C\C=C(/N)NC(=O)Cc1ccc(OC(F)(F)F)cc1)C1CCCCC1. The maximum atomic E-state index is 12.1. The van der Waals surface area contributed by atoms with Crippen molar-refractivity contribution in [2.24, 2.45) is 17.4 Å². The molecule has 1 aliphatic carbocycles. The van der Waals surface area contributed by atoms with E-state index in [4.69, 9.17) is 11.5 Å². The molecule has 8 heteroatoms. The highest BCUT2D eigenvalue weighted by atomic mass is 19.4. The Morgan fingerprint density at radius 3 is 2.33 bits per heavy atom. The first-order valence-electron chi connectivity index (χ1n) is 8.80. The summed E-state index contributed by atoms with van der Waals surface area (Å²) in [5.41, 5.74) is 13.1. The summed E-state index contributed by atoms with van der Waals surface area (Å²) in [5, 5.41) is 2.53. The molecule has 0 spiro atoms. The van der Waals surface area contributed by atoms with Crippen LogP contribution >= 0.6 is 0 Å². The normalized spacial score (nSPS) is 16.9. The molecular weight excluding hydrogens is 359 g/mol. The van der Waals surface area contributed by atoms with Crippen molar-refractivity contribution in [2.45, 2.75) is 44.9 Å². The van der Waals surface area contributed by atoms with Crippen LogP contribution < -0.4 is 21.5 Å². The second-order valence-electron chi connectivity index (χ2n) is 6.54. The molecule has 5 nitrogen and oxygen atoms in total. The first-order chi connectivity index (χ1) is 12.7. The van der Waals surface area contributed by atoms with E-state index in [0.29, 0.717) is 11.5 Å². The molecule has 1 fully saturated rings. The van der Waals surface area contributed by atoms with Crippen LogP contribution in [0.4, 0.5) is 13.2 Å². The fraction of sp³-hybridized carbons (Fsp3) is 0.421. The Kier molecular flexibility index (Phi) is 7.15. The molecule has 0 aromatic heterocycles. The van der Waals surface area contributed by atoms with Crippen molar-refractivity contribution in [3.05, 3.63) is 53.5 Å². The van der Waals surface area contributed by atoms with Gasteiger partial charge in [0.15, 0.2) is 0 Å². The van der Waals surface area contributed by atoms with Crippen LogP contribution in [0.5, 0.6) is 5.75 Å². The Labute approximate surface area is 156 Å². The van der Waals surface area contributed by atoms with Gasteiger partial charge in [0.1, 0.15) is 11.6 Å². The lowest BCUT2D eigenvalue weighted by molar-refractivity contribution is -0.274. The van der Waals surface area contributed by atoms with Gasteiger partial charge >= 0.3 is 6.36 Å². The van der Waals surface area contributed by atoms with E-state index in [1.807, 2.05) is 0 Å². The number of alkyl halides is 3. The third-order valence-corrected chi connectivity index (χ3v) is 4.34. The van der Waals surface area contributed by atoms with E-state index < -0.39 is 6.36 Å². The Balaban J connectivity index is 1.85. The molecular formula is C19H24F3N3O2. The van der Waals surface area contributed by atoms with Gasteiger partial charge in [0.25, 0.3) is 0 Å². The predicted molar refractivity (Wildman–Crippen MR) is 96.1 cm³/mol. The number of amides is 1. The molecule has 0 atom stereocenters. The van der Waals surface area contributed by atoms with E-state index in [9.17, 15) is 18.0 Å². The molecule has 27 heavy (non-hydrogen) atoms. The molecule has 1 aromatic carbocycles. The molecule has 1 aromatic rings. The summed E-state index contributed by atoms with van der Waals surface area (Å²) in [6.07, 6.45) is 4.21. The van der Waals surface area contributed by atoms with Crippen molar-refractivity contribution in [3.63, 3.8) is 0 Å². The van der Waals surface area contributed by atoms with Crippen molar-refractivity contribution < 1.29 is 22.7 Å². The van der Waals surface area contributed by atoms with E-state index in [1.54, 1.807) is 12.2 Å². The summed E-state index contributed by atoms with van der Waals surface area (Å²) in [6, 6.07) is 5.09. The van der Waals surface area contributed by atoms with E-state index in [0.717, 1.165) is 30.7 Å². The Morgan fingerprint density at radius 2 is 1.74 bits per heavy atom. The van der Waals surface area contributed by atoms with Gasteiger partial charge in [-0.3, -0.25) is 4.79 Å². The van der Waals surface area contributed by atoms with Crippen molar-refractivity contribution in [3.8, 4) is 5.75 Å². The van der Waals surface area contributed by atoms with Gasteiger partial charge in [-0.25, -0.2) is 0 Å².